The number of methoxy groups -OCH3 is 2. The van der Waals surface area contributed by atoms with Crippen LogP contribution in [0.15, 0.2) is 30.3 Å². The molecule has 0 fully saturated rings. The molecule has 1 aromatic rings. The molecule has 0 radical (unpaired) electrons. The number of rotatable bonds is 14. The van der Waals surface area contributed by atoms with Gasteiger partial charge in [0.2, 0.25) is 0 Å². The normalized spacial score (nSPS) is 11.8. The number of esters is 2. The third kappa shape index (κ3) is 10.2. The lowest BCUT2D eigenvalue weighted by molar-refractivity contribution is -0.141. The molecule has 4 heteroatoms. The first-order valence-electron chi connectivity index (χ1n) is 9.86. The van der Waals surface area contributed by atoms with Crippen molar-refractivity contribution in [1.82, 2.24) is 0 Å². The summed E-state index contributed by atoms with van der Waals surface area (Å²) >= 11 is 0. The van der Waals surface area contributed by atoms with Crippen LogP contribution >= 0.6 is 0 Å². The van der Waals surface area contributed by atoms with Crippen LogP contribution in [-0.2, 0) is 19.1 Å². The van der Waals surface area contributed by atoms with Crippen molar-refractivity contribution in [3.05, 3.63) is 35.9 Å². The first-order valence-corrected chi connectivity index (χ1v) is 9.86. The maximum absolute atomic E-state index is 11.2. The molecular weight excluding hydrogens is 328 g/mol. The molecule has 26 heavy (non-hydrogen) atoms. The van der Waals surface area contributed by atoms with Crippen LogP contribution in [0.25, 0.3) is 0 Å². The Morgan fingerprint density at radius 3 is 1.69 bits per heavy atom. The minimum absolute atomic E-state index is 0.112. The predicted octanol–water partition coefficient (Wildman–Crippen LogP) is 5.41. The molecule has 1 atom stereocenters. The molecule has 0 N–H and O–H groups in total. The number of unbranched alkanes of at least 4 members (excludes halogenated alkanes) is 5. The third-order valence-corrected chi connectivity index (χ3v) is 4.84. The lowest BCUT2D eigenvalue weighted by Gasteiger charge is -2.17. The van der Waals surface area contributed by atoms with Crippen LogP contribution in [0.5, 0.6) is 0 Å². The molecule has 0 aliphatic heterocycles. The number of carbonyl (C=O) groups is 2. The van der Waals surface area contributed by atoms with E-state index in [9.17, 15) is 9.59 Å². The summed E-state index contributed by atoms with van der Waals surface area (Å²) in [5, 5.41) is 0. The van der Waals surface area contributed by atoms with Crippen molar-refractivity contribution < 1.29 is 19.1 Å². The molecule has 0 heterocycles. The molecule has 1 unspecified atom stereocenters. The van der Waals surface area contributed by atoms with E-state index in [0.717, 1.165) is 44.9 Å². The highest BCUT2D eigenvalue weighted by Gasteiger charge is 2.11. The van der Waals surface area contributed by atoms with Gasteiger partial charge in [0.25, 0.3) is 0 Å². The van der Waals surface area contributed by atoms with Gasteiger partial charge in [-0.25, -0.2) is 0 Å². The first-order chi connectivity index (χ1) is 12.7. The van der Waals surface area contributed by atoms with Crippen LogP contribution < -0.4 is 0 Å². The van der Waals surface area contributed by atoms with Crippen molar-refractivity contribution in [1.29, 1.82) is 0 Å². The van der Waals surface area contributed by atoms with Gasteiger partial charge in [-0.1, -0.05) is 62.4 Å². The van der Waals surface area contributed by atoms with Crippen molar-refractivity contribution in [3.63, 3.8) is 0 Å². The van der Waals surface area contributed by atoms with Gasteiger partial charge in [0.15, 0.2) is 0 Å². The van der Waals surface area contributed by atoms with Crippen LogP contribution in [0, 0.1) is 0 Å². The average molecular weight is 363 g/mol. The molecule has 0 saturated heterocycles. The second-order valence-electron chi connectivity index (χ2n) is 6.81. The van der Waals surface area contributed by atoms with Crippen LogP contribution in [0.1, 0.15) is 82.1 Å². The van der Waals surface area contributed by atoms with E-state index in [2.05, 4.69) is 39.8 Å². The maximum atomic E-state index is 11.2. The van der Waals surface area contributed by atoms with Crippen molar-refractivity contribution in [3.8, 4) is 0 Å². The summed E-state index contributed by atoms with van der Waals surface area (Å²) in [6.45, 7) is 0. The lowest BCUT2D eigenvalue weighted by Crippen LogP contribution is -2.02. The summed E-state index contributed by atoms with van der Waals surface area (Å²) in [5.74, 6) is 0.352. The van der Waals surface area contributed by atoms with Crippen molar-refractivity contribution in [2.24, 2.45) is 0 Å². The molecule has 146 valence electrons. The molecule has 4 nitrogen and oxygen atoms in total. The average Bonchev–Trinajstić information content (AvgIpc) is 2.68. The fraction of sp³-hybridized carbons (Fsp3) is 0.636. The minimum atomic E-state index is -0.114. The molecule has 0 spiro atoms. The molecule has 0 bridgehead atoms. The van der Waals surface area contributed by atoms with E-state index in [1.165, 1.54) is 32.6 Å². The summed E-state index contributed by atoms with van der Waals surface area (Å²) in [6, 6.07) is 10.7. The summed E-state index contributed by atoms with van der Waals surface area (Å²) in [5.41, 5.74) is 1.41. The van der Waals surface area contributed by atoms with Gasteiger partial charge in [-0.2, -0.15) is 0 Å². The van der Waals surface area contributed by atoms with Gasteiger partial charge in [0, 0.05) is 12.8 Å². The summed E-state index contributed by atoms with van der Waals surface area (Å²) in [4.78, 5) is 22.3. The first kappa shape index (κ1) is 22.2. The van der Waals surface area contributed by atoms with Crippen LogP contribution in [0.4, 0.5) is 0 Å². The zero-order valence-electron chi connectivity index (χ0n) is 16.4. The van der Waals surface area contributed by atoms with Gasteiger partial charge >= 0.3 is 11.9 Å². The second-order valence-corrected chi connectivity index (χ2v) is 6.81. The van der Waals surface area contributed by atoms with Gasteiger partial charge < -0.3 is 9.47 Å². The fourth-order valence-corrected chi connectivity index (χ4v) is 3.26. The highest BCUT2D eigenvalue weighted by atomic mass is 16.5. The smallest absolute Gasteiger partial charge is 0.305 e. The van der Waals surface area contributed by atoms with Crippen LogP contribution in [0.2, 0.25) is 0 Å². The van der Waals surface area contributed by atoms with E-state index in [-0.39, 0.29) is 11.9 Å². The number of carbonyl (C=O) groups excluding carboxylic acids is 2. The molecule has 0 aliphatic rings. The number of hydrogen-bond donors (Lipinski definition) is 0. The Balaban J connectivity index is 2.29. The monoisotopic (exact) mass is 362 g/mol. The van der Waals surface area contributed by atoms with Crippen molar-refractivity contribution in [2.75, 3.05) is 14.2 Å². The minimum Gasteiger partial charge on any atom is -0.469 e. The Kier molecular flexibility index (Phi) is 12.2. The molecule has 0 amide bonds. The number of ether oxygens (including phenoxy) is 2. The Bertz CT molecular complexity index is 498. The molecule has 1 aromatic carbocycles. The largest absolute Gasteiger partial charge is 0.469 e. The van der Waals surface area contributed by atoms with Gasteiger partial charge in [0.1, 0.15) is 0 Å². The van der Waals surface area contributed by atoms with Gasteiger partial charge in [-0.05, 0) is 37.2 Å². The van der Waals surface area contributed by atoms with Crippen molar-refractivity contribution >= 4 is 11.9 Å². The van der Waals surface area contributed by atoms with Gasteiger partial charge in [-0.3, -0.25) is 9.59 Å². The van der Waals surface area contributed by atoms with E-state index in [4.69, 9.17) is 0 Å². The Hall–Kier alpha value is -1.84. The zero-order chi connectivity index (χ0) is 19.0. The van der Waals surface area contributed by atoms with E-state index < -0.39 is 0 Å². The zero-order valence-corrected chi connectivity index (χ0v) is 16.4. The Morgan fingerprint density at radius 2 is 1.19 bits per heavy atom. The summed E-state index contributed by atoms with van der Waals surface area (Å²) < 4.78 is 9.36. The highest BCUT2D eigenvalue weighted by molar-refractivity contribution is 5.69. The Labute approximate surface area is 158 Å². The third-order valence-electron chi connectivity index (χ3n) is 4.84. The number of benzene rings is 1. The van der Waals surface area contributed by atoms with E-state index in [0.29, 0.717) is 18.8 Å². The molecular formula is C22H34O4. The number of hydrogen-bond acceptors (Lipinski definition) is 4. The van der Waals surface area contributed by atoms with Gasteiger partial charge in [0.05, 0.1) is 14.2 Å². The summed E-state index contributed by atoms with van der Waals surface area (Å²) in [7, 11) is 2.89. The van der Waals surface area contributed by atoms with Crippen molar-refractivity contribution in [2.45, 2.75) is 76.5 Å². The molecule has 0 aromatic heterocycles. The summed E-state index contributed by atoms with van der Waals surface area (Å²) in [6.07, 6.45) is 10.8. The van der Waals surface area contributed by atoms with Crippen LogP contribution in [0.3, 0.4) is 0 Å². The SMILES string of the molecule is COC(=O)CCCCCCC(CCCCCC(=O)OC)c1ccccc1. The highest BCUT2D eigenvalue weighted by Crippen LogP contribution is 2.28. The lowest BCUT2D eigenvalue weighted by atomic mass is 9.88. The van der Waals surface area contributed by atoms with E-state index in [1.54, 1.807) is 0 Å². The molecule has 0 aliphatic carbocycles. The topological polar surface area (TPSA) is 52.6 Å². The second kappa shape index (κ2) is 14.3. The predicted molar refractivity (Wildman–Crippen MR) is 104 cm³/mol. The maximum Gasteiger partial charge on any atom is 0.305 e. The van der Waals surface area contributed by atoms with E-state index >= 15 is 0 Å². The standard InChI is InChI=1S/C22H34O4/c1-25-21(23)17-11-4-3-7-13-19(20-14-8-5-9-15-20)16-10-6-12-18-22(24)26-2/h5,8-9,14-15,19H,3-4,6-7,10-13,16-18H2,1-2H3. The molecule has 1 rings (SSSR count). The van der Waals surface area contributed by atoms with E-state index in [1.807, 2.05) is 0 Å². The Morgan fingerprint density at radius 1 is 0.731 bits per heavy atom. The quantitative estimate of drug-likeness (QED) is 0.328. The van der Waals surface area contributed by atoms with Gasteiger partial charge in [-0.15, -0.1) is 0 Å². The molecule has 0 saturated carbocycles. The fourth-order valence-electron chi connectivity index (χ4n) is 3.26. The van der Waals surface area contributed by atoms with Crippen LogP contribution in [-0.4, -0.2) is 26.2 Å².